The van der Waals surface area contributed by atoms with Crippen LogP contribution in [0.25, 0.3) is 0 Å². The molecule has 17 heavy (non-hydrogen) atoms. The van der Waals surface area contributed by atoms with Crippen LogP contribution in [-0.2, 0) is 4.79 Å². The van der Waals surface area contributed by atoms with Crippen molar-refractivity contribution in [1.82, 2.24) is 5.32 Å². The van der Waals surface area contributed by atoms with E-state index >= 15 is 0 Å². The van der Waals surface area contributed by atoms with Crippen molar-refractivity contribution in [2.24, 2.45) is 11.1 Å². The van der Waals surface area contributed by atoms with Gasteiger partial charge in [0.15, 0.2) is 0 Å². The lowest BCUT2D eigenvalue weighted by Crippen LogP contribution is -2.45. The number of alkyl halides is 3. The van der Waals surface area contributed by atoms with Gasteiger partial charge in [-0.3, -0.25) is 4.79 Å². The highest BCUT2D eigenvalue weighted by molar-refractivity contribution is 7.80. The number of hydrogen-bond donors (Lipinski definition) is 2. The van der Waals surface area contributed by atoms with Crippen molar-refractivity contribution in [2.75, 3.05) is 6.54 Å². The van der Waals surface area contributed by atoms with Gasteiger partial charge in [-0.15, -0.1) is 0 Å². The first-order chi connectivity index (χ1) is 7.57. The van der Waals surface area contributed by atoms with Crippen molar-refractivity contribution in [3.8, 4) is 0 Å². The number of rotatable bonds is 6. The molecule has 0 atom stereocenters. The number of unbranched alkanes of at least 4 members (excludes halogenated alkanes) is 1. The lowest BCUT2D eigenvalue weighted by atomic mass is 9.92. The van der Waals surface area contributed by atoms with Crippen LogP contribution in [0.2, 0.25) is 0 Å². The highest BCUT2D eigenvalue weighted by Crippen LogP contribution is 2.22. The summed E-state index contributed by atoms with van der Waals surface area (Å²) in [5, 5.41) is 2.52. The van der Waals surface area contributed by atoms with Crippen LogP contribution < -0.4 is 11.1 Å². The van der Waals surface area contributed by atoms with Crippen LogP contribution in [0.3, 0.4) is 0 Å². The zero-order valence-corrected chi connectivity index (χ0v) is 10.7. The number of carbonyl (C=O) groups is 1. The normalized spacial score (nSPS) is 12.3. The second-order valence-corrected chi connectivity index (χ2v) is 4.76. The topological polar surface area (TPSA) is 55.1 Å². The van der Waals surface area contributed by atoms with Crippen molar-refractivity contribution in [3.05, 3.63) is 0 Å². The Morgan fingerprint density at radius 1 is 1.29 bits per heavy atom. The molecule has 0 aliphatic rings. The lowest BCUT2D eigenvalue weighted by Gasteiger charge is -2.21. The van der Waals surface area contributed by atoms with Crippen molar-refractivity contribution < 1.29 is 18.0 Å². The molecule has 0 aromatic rings. The molecule has 0 aromatic carbocycles. The number of halogens is 3. The molecule has 0 unspecified atom stereocenters. The van der Waals surface area contributed by atoms with Gasteiger partial charge in [-0.2, -0.15) is 13.2 Å². The van der Waals surface area contributed by atoms with E-state index in [9.17, 15) is 18.0 Å². The lowest BCUT2D eigenvalue weighted by molar-refractivity contribution is -0.135. The van der Waals surface area contributed by atoms with Gasteiger partial charge in [-0.1, -0.05) is 12.2 Å². The van der Waals surface area contributed by atoms with Gasteiger partial charge in [0.25, 0.3) is 0 Å². The summed E-state index contributed by atoms with van der Waals surface area (Å²) in [6.07, 6.45) is -4.69. The number of nitrogens with two attached hydrogens (primary N) is 1. The molecule has 7 heteroatoms. The number of thiocarbonyl (C=S) groups is 1. The van der Waals surface area contributed by atoms with Crippen molar-refractivity contribution >= 4 is 23.1 Å². The maximum Gasteiger partial charge on any atom is 0.389 e. The molecule has 0 bridgehead atoms. The van der Waals surface area contributed by atoms with E-state index in [-0.39, 0.29) is 30.3 Å². The molecule has 0 heterocycles. The number of hydrogen-bond acceptors (Lipinski definition) is 2. The third-order valence-corrected chi connectivity index (χ3v) is 2.87. The predicted octanol–water partition coefficient (Wildman–Crippen LogP) is 2.15. The Hall–Kier alpha value is -0.850. The molecule has 0 aliphatic heterocycles. The van der Waals surface area contributed by atoms with Crippen molar-refractivity contribution in [2.45, 2.75) is 39.3 Å². The molecule has 0 aromatic heterocycles. The van der Waals surface area contributed by atoms with E-state index in [1.165, 1.54) is 0 Å². The first-order valence-corrected chi connectivity index (χ1v) is 5.63. The summed E-state index contributed by atoms with van der Waals surface area (Å²) >= 11 is 4.73. The van der Waals surface area contributed by atoms with E-state index in [0.717, 1.165) is 0 Å². The van der Waals surface area contributed by atoms with E-state index in [1.807, 2.05) is 0 Å². The summed E-state index contributed by atoms with van der Waals surface area (Å²) in [7, 11) is 0. The SMILES string of the molecule is CC(C)(C(=O)NCCCCC(F)(F)F)C(N)=S. The number of amides is 1. The van der Waals surface area contributed by atoms with E-state index in [4.69, 9.17) is 18.0 Å². The Morgan fingerprint density at radius 2 is 1.82 bits per heavy atom. The van der Waals surface area contributed by atoms with Gasteiger partial charge >= 0.3 is 6.18 Å². The van der Waals surface area contributed by atoms with Gasteiger partial charge in [-0.25, -0.2) is 0 Å². The molecule has 0 fully saturated rings. The van der Waals surface area contributed by atoms with Gasteiger partial charge in [0.05, 0.1) is 10.4 Å². The average Bonchev–Trinajstić information content (AvgIpc) is 2.14. The fraction of sp³-hybridized carbons (Fsp3) is 0.800. The summed E-state index contributed by atoms with van der Waals surface area (Å²) in [4.78, 5) is 11.6. The third-order valence-electron chi connectivity index (χ3n) is 2.36. The van der Waals surface area contributed by atoms with Gasteiger partial charge in [-0.05, 0) is 26.7 Å². The molecule has 1 amide bonds. The van der Waals surface area contributed by atoms with Crippen LogP contribution in [0.15, 0.2) is 0 Å². The van der Waals surface area contributed by atoms with Gasteiger partial charge in [0.1, 0.15) is 0 Å². The molecule has 0 rings (SSSR count). The minimum Gasteiger partial charge on any atom is -0.392 e. The van der Waals surface area contributed by atoms with E-state index in [1.54, 1.807) is 13.8 Å². The minimum atomic E-state index is -4.14. The number of carbonyl (C=O) groups excluding carboxylic acids is 1. The first kappa shape index (κ1) is 16.1. The molecule has 0 radical (unpaired) electrons. The Kier molecular flexibility index (Phi) is 5.87. The highest BCUT2D eigenvalue weighted by atomic mass is 32.1. The van der Waals surface area contributed by atoms with Gasteiger partial charge in [0.2, 0.25) is 5.91 Å². The highest BCUT2D eigenvalue weighted by Gasteiger charge is 2.30. The zero-order valence-electron chi connectivity index (χ0n) is 9.86. The van der Waals surface area contributed by atoms with Gasteiger partial charge in [0, 0.05) is 13.0 Å². The van der Waals surface area contributed by atoms with E-state index in [2.05, 4.69) is 5.32 Å². The second kappa shape index (κ2) is 6.18. The van der Waals surface area contributed by atoms with Crippen LogP contribution in [0.4, 0.5) is 13.2 Å². The molecule has 0 saturated carbocycles. The van der Waals surface area contributed by atoms with Crippen molar-refractivity contribution in [3.63, 3.8) is 0 Å². The third kappa shape index (κ3) is 6.45. The van der Waals surface area contributed by atoms with Crippen LogP contribution in [0.1, 0.15) is 33.1 Å². The molecule has 100 valence electrons. The zero-order chi connectivity index (χ0) is 13.7. The quantitative estimate of drug-likeness (QED) is 0.574. The molecule has 0 saturated heterocycles. The second-order valence-electron chi connectivity index (χ2n) is 4.32. The number of nitrogens with one attached hydrogen (secondary N) is 1. The van der Waals surface area contributed by atoms with E-state index in [0.29, 0.717) is 0 Å². The smallest absolute Gasteiger partial charge is 0.389 e. The fourth-order valence-electron chi connectivity index (χ4n) is 0.985. The predicted molar refractivity (Wildman–Crippen MR) is 63.5 cm³/mol. The Labute approximate surface area is 104 Å². The molecular formula is C10H17F3N2OS. The summed E-state index contributed by atoms with van der Waals surface area (Å²) in [6, 6.07) is 0. The molecule has 0 spiro atoms. The maximum atomic E-state index is 11.8. The fourth-order valence-corrected chi connectivity index (χ4v) is 1.08. The van der Waals surface area contributed by atoms with Crippen LogP contribution in [0, 0.1) is 5.41 Å². The minimum absolute atomic E-state index is 0.00270. The van der Waals surface area contributed by atoms with Crippen LogP contribution in [-0.4, -0.2) is 23.6 Å². The van der Waals surface area contributed by atoms with Gasteiger partial charge < -0.3 is 11.1 Å². The van der Waals surface area contributed by atoms with Crippen LogP contribution in [0.5, 0.6) is 0 Å². The largest absolute Gasteiger partial charge is 0.392 e. The maximum absolute atomic E-state index is 11.8. The average molecular weight is 270 g/mol. The molecular weight excluding hydrogens is 253 g/mol. The summed E-state index contributed by atoms with van der Waals surface area (Å²) in [5.74, 6) is -0.364. The molecule has 3 nitrogen and oxygen atoms in total. The standard InChI is InChI=1S/C10H17F3N2OS/c1-9(2,7(14)17)8(16)15-6-4-3-5-10(11,12)13/h3-6H2,1-2H3,(H2,14,17)(H,15,16). The molecule has 0 aliphatic carbocycles. The summed E-state index contributed by atoms with van der Waals surface area (Å²) in [6.45, 7) is 3.34. The summed E-state index contributed by atoms with van der Waals surface area (Å²) < 4.78 is 35.4. The van der Waals surface area contributed by atoms with E-state index < -0.39 is 18.0 Å². The monoisotopic (exact) mass is 270 g/mol. The Morgan fingerprint density at radius 3 is 2.24 bits per heavy atom. The molecule has 3 N–H and O–H groups in total. The van der Waals surface area contributed by atoms with Crippen molar-refractivity contribution in [1.29, 1.82) is 0 Å². The van der Waals surface area contributed by atoms with Crippen LogP contribution >= 0.6 is 12.2 Å². The summed E-state index contributed by atoms with van der Waals surface area (Å²) in [5.41, 5.74) is 4.41. The first-order valence-electron chi connectivity index (χ1n) is 5.22. The Bertz CT molecular complexity index is 290. The Balaban J connectivity index is 3.84.